The van der Waals surface area contributed by atoms with Crippen LogP contribution < -0.4 is 4.74 Å². The summed E-state index contributed by atoms with van der Waals surface area (Å²) in [5.41, 5.74) is -3.27. The van der Waals surface area contributed by atoms with E-state index in [0.717, 1.165) is 36.0 Å². The fraction of sp³-hybridized carbons (Fsp3) is 0.381. The molecule has 8 heteroatoms. The fourth-order valence-electron chi connectivity index (χ4n) is 3.82. The molecule has 3 aromatic rings. The Labute approximate surface area is 165 Å². The summed E-state index contributed by atoms with van der Waals surface area (Å²) in [5, 5.41) is 11.7. The van der Waals surface area contributed by atoms with Crippen LogP contribution >= 0.6 is 0 Å². The lowest BCUT2D eigenvalue weighted by molar-refractivity contribution is -0.200. The number of hydrogen-bond acceptors (Lipinski definition) is 3. The highest BCUT2D eigenvalue weighted by Crippen LogP contribution is 2.49. The molecule has 0 fully saturated rings. The number of nitrogens with one attached hydrogen (secondary N) is 1. The van der Waals surface area contributed by atoms with E-state index in [1.807, 2.05) is 0 Å². The maximum absolute atomic E-state index is 14.2. The Morgan fingerprint density at radius 2 is 1.86 bits per heavy atom. The zero-order chi connectivity index (χ0) is 21.4. The van der Waals surface area contributed by atoms with Gasteiger partial charge in [-0.1, -0.05) is 0 Å². The van der Waals surface area contributed by atoms with Crippen molar-refractivity contribution < 1.29 is 27.4 Å². The molecule has 0 bridgehead atoms. The van der Waals surface area contributed by atoms with Crippen molar-refractivity contribution in [1.29, 1.82) is 0 Å². The predicted octanol–water partition coefficient (Wildman–Crippen LogP) is 4.91. The van der Waals surface area contributed by atoms with Gasteiger partial charge in [-0.2, -0.15) is 13.2 Å². The van der Waals surface area contributed by atoms with Crippen molar-refractivity contribution in [2.75, 3.05) is 7.11 Å². The van der Waals surface area contributed by atoms with E-state index in [2.05, 4.69) is 9.97 Å². The van der Waals surface area contributed by atoms with Crippen molar-refractivity contribution in [3.63, 3.8) is 0 Å². The molecule has 0 aliphatic rings. The summed E-state index contributed by atoms with van der Waals surface area (Å²) in [7, 11) is 1.23. The van der Waals surface area contributed by atoms with Crippen LogP contribution in [0.25, 0.3) is 10.9 Å². The Kier molecular flexibility index (Phi) is 5.34. The number of nitrogens with zero attached hydrogens (tertiary/aromatic N) is 1. The number of fused-ring (bicyclic) bond motifs is 1. The quantitative estimate of drug-likeness (QED) is 0.568. The lowest BCUT2D eigenvalue weighted by Gasteiger charge is -2.39. The number of aromatic amines is 1. The molecule has 0 saturated carbocycles. The number of aromatic nitrogens is 2. The molecule has 2 atom stereocenters. The van der Waals surface area contributed by atoms with E-state index in [0.29, 0.717) is 5.69 Å². The molecule has 0 saturated heterocycles. The number of halogens is 4. The third-order valence-electron chi connectivity index (χ3n) is 5.16. The van der Waals surface area contributed by atoms with Crippen molar-refractivity contribution >= 4 is 10.9 Å². The van der Waals surface area contributed by atoms with Crippen molar-refractivity contribution in [2.45, 2.75) is 43.9 Å². The zero-order valence-electron chi connectivity index (χ0n) is 16.3. The standard InChI is InChI=1S/C21H22F4N2O2/c1-19(28,10-15-8-13-11-26-7-6-17(13)27-15)12-20(2,21(23,24)25)16-9-14(22)4-5-18(16)29-3/h4-9,11,27-28H,10,12H2,1-3H3. The first-order valence-corrected chi connectivity index (χ1v) is 9.00. The third kappa shape index (κ3) is 4.22. The lowest BCUT2D eigenvalue weighted by Crippen LogP contribution is -2.47. The Hall–Kier alpha value is -2.61. The summed E-state index contributed by atoms with van der Waals surface area (Å²) in [6.07, 6.45) is -2.26. The van der Waals surface area contributed by atoms with Gasteiger partial charge in [-0.15, -0.1) is 0 Å². The molecule has 2 heterocycles. The van der Waals surface area contributed by atoms with E-state index < -0.39 is 29.4 Å². The molecular weight excluding hydrogens is 388 g/mol. The molecule has 2 aromatic heterocycles. The van der Waals surface area contributed by atoms with Crippen molar-refractivity contribution in [1.82, 2.24) is 9.97 Å². The van der Waals surface area contributed by atoms with Crippen LogP contribution in [0.4, 0.5) is 17.6 Å². The topological polar surface area (TPSA) is 58.1 Å². The van der Waals surface area contributed by atoms with E-state index in [1.54, 1.807) is 24.5 Å². The summed E-state index contributed by atoms with van der Waals surface area (Å²) < 4.78 is 61.4. The van der Waals surface area contributed by atoms with Gasteiger partial charge in [0.15, 0.2) is 0 Å². The van der Waals surface area contributed by atoms with E-state index >= 15 is 0 Å². The van der Waals surface area contributed by atoms with Crippen LogP contribution in [0.1, 0.15) is 31.5 Å². The summed E-state index contributed by atoms with van der Waals surface area (Å²) >= 11 is 0. The SMILES string of the molecule is COc1ccc(F)cc1C(C)(CC(C)(O)Cc1cc2cnccc2[nH]1)C(F)(F)F. The summed E-state index contributed by atoms with van der Waals surface area (Å²) in [5.74, 6) is -0.891. The maximum atomic E-state index is 14.2. The Balaban J connectivity index is 1.98. The number of H-pyrrole nitrogens is 1. The van der Waals surface area contributed by atoms with Crippen molar-refractivity contribution in [3.05, 3.63) is 59.8 Å². The Morgan fingerprint density at radius 3 is 2.48 bits per heavy atom. The monoisotopic (exact) mass is 410 g/mol. The molecule has 156 valence electrons. The molecular formula is C21H22F4N2O2. The van der Waals surface area contributed by atoms with Crippen LogP contribution in [0.5, 0.6) is 5.75 Å². The van der Waals surface area contributed by atoms with E-state index in [4.69, 9.17) is 4.74 Å². The van der Waals surface area contributed by atoms with Gasteiger partial charge in [-0.05, 0) is 50.6 Å². The first-order chi connectivity index (χ1) is 13.4. The molecule has 2 N–H and O–H groups in total. The van der Waals surface area contributed by atoms with Gasteiger partial charge in [0.25, 0.3) is 0 Å². The second kappa shape index (κ2) is 7.33. The van der Waals surface area contributed by atoms with Crippen LogP contribution in [0.2, 0.25) is 0 Å². The molecule has 0 spiro atoms. The number of ether oxygens (including phenoxy) is 1. The summed E-state index contributed by atoms with van der Waals surface area (Å²) in [6, 6.07) is 6.50. The average molecular weight is 410 g/mol. The van der Waals surface area contributed by atoms with Crippen LogP contribution in [-0.2, 0) is 11.8 Å². The molecule has 0 amide bonds. The molecule has 2 unspecified atom stereocenters. The number of rotatable bonds is 6. The number of methoxy groups -OCH3 is 1. The van der Waals surface area contributed by atoms with Gasteiger partial charge in [0.2, 0.25) is 0 Å². The van der Waals surface area contributed by atoms with Gasteiger partial charge >= 0.3 is 6.18 Å². The molecule has 0 aliphatic carbocycles. The number of alkyl halides is 3. The highest BCUT2D eigenvalue weighted by molar-refractivity contribution is 5.79. The molecule has 0 aliphatic heterocycles. The Bertz CT molecular complexity index is 980. The largest absolute Gasteiger partial charge is 0.496 e. The minimum atomic E-state index is -4.75. The minimum absolute atomic E-state index is 0.0506. The predicted molar refractivity (Wildman–Crippen MR) is 101 cm³/mol. The smallest absolute Gasteiger partial charge is 0.398 e. The van der Waals surface area contributed by atoms with Gasteiger partial charge in [-0.25, -0.2) is 4.39 Å². The first kappa shape index (κ1) is 21.1. The average Bonchev–Trinajstić information content (AvgIpc) is 3.01. The van der Waals surface area contributed by atoms with Crippen molar-refractivity contribution in [3.8, 4) is 5.75 Å². The van der Waals surface area contributed by atoms with E-state index in [-0.39, 0.29) is 17.7 Å². The lowest BCUT2D eigenvalue weighted by atomic mass is 9.72. The maximum Gasteiger partial charge on any atom is 0.398 e. The summed E-state index contributed by atoms with van der Waals surface area (Å²) in [6.45, 7) is 2.29. The Morgan fingerprint density at radius 1 is 1.14 bits per heavy atom. The number of hydrogen-bond donors (Lipinski definition) is 2. The number of benzene rings is 1. The van der Waals surface area contributed by atoms with Crippen molar-refractivity contribution in [2.24, 2.45) is 0 Å². The normalized spacial score (nSPS) is 16.4. The summed E-state index contributed by atoms with van der Waals surface area (Å²) in [4.78, 5) is 7.08. The highest BCUT2D eigenvalue weighted by atomic mass is 19.4. The molecule has 3 rings (SSSR count). The highest BCUT2D eigenvalue weighted by Gasteiger charge is 2.56. The van der Waals surface area contributed by atoms with Gasteiger partial charge in [0.05, 0.1) is 18.1 Å². The number of aliphatic hydroxyl groups is 1. The molecule has 1 aromatic carbocycles. The van der Waals surface area contributed by atoms with Gasteiger partial charge in [-0.3, -0.25) is 4.98 Å². The van der Waals surface area contributed by atoms with Crippen LogP contribution in [0, 0.1) is 5.82 Å². The van der Waals surface area contributed by atoms with Crippen LogP contribution in [0.15, 0.2) is 42.7 Å². The fourth-order valence-corrected chi connectivity index (χ4v) is 3.82. The first-order valence-electron chi connectivity index (χ1n) is 9.00. The van der Waals surface area contributed by atoms with E-state index in [1.165, 1.54) is 14.0 Å². The molecule has 4 nitrogen and oxygen atoms in total. The second-order valence-electron chi connectivity index (χ2n) is 7.78. The van der Waals surface area contributed by atoms with Gasteiger partial charge in [0, 0.05) is 41.0 Å². The van der Waals surface area contributed by atoms with Crippen LogP contribution in [-0.4, -0.2) is 34.0 Å². The number of pyridine rings is 1. The molecule has 29 heavy (non-hydrogen) atoms. The minimum Gasteiger partial charge on any atom is -0.496 e. The van der Waals surface area contributed by atoms with Gasteiger partial charge in [0.1, 0.15) is 11.6 Å². The second-order valence-corrected chi connectivity index (χ2v) is 7.78. The molecule has 0 radical (unpaired) electrons. The third-order valence-corrected chi connectivity index (χ3v) is 5.16. The zero-order valence-corrected chi connectivity index (χ0v) is 16.3. The van der Waals surface area contributed by atoms with Crippen LogP contribution in [0.3, 0.4) is 0 Å². The van der Waals surface area contributed by atoms with Gasteiger partial charge < -0.3 is 14.8 Å². The van der Waals surface area contributed by atoms with E-state index in [9.17, 15) is 22.7 Å².